The zero-order valence-corrected chi connectivity index (χ0v) is 20.4. The molecular formula is C21H35ClN2O4Si. The molecule has 29 heavy (non-hydrogen) atoms. The fourth-order valence-electron chi connectivity index (χ4n) is 2.32. The normalized spacial score (nSPS) is 13.5. The maximum Gasteiger partial charge on any atom is 0.332 e. The smallest absolute Gasteiger partial charge is 0.332 e. The molecule has 0 fully saturated rings. The van der Waals surface area contributed by atoms with Gasteiger partial charge in [-0.25, -0.2) is 4.79 Å². The van der Waals surface area contributed by atoms with E-state index in [0.717, 1.165) is 6.04 Å². The molecule has 6 nitrogen and oxygen atoms in total. The highest BCUT2D eigenvalue weighted by Crippen LogP contribution is 2.18. The molecule has 1 unspecified atom stereocenters. The number of carbonyl (C=O) groups excluding carboxylic acids is 2. The van der Waals surface area contributed by atoms with Gasteiger partial charge in [0.1, 0.15) is 23.6 Å². The van der Waals surface area contributed by atoms with Crippen LogP contribution in [0.2, 0.25) is 30.8 Å². The van der Waals surface area contributed by atoms with E-state index in [1.807, 2.05) is 26.8 Å². The number of ether oxygens (including phenoxy) is 2. The lowest BCUT2D eigenvalue weighted by atomic mass is 9.95. The zero-order valence-electron chi connectivity index (χ0n) is 18.7. The minimum absolute atomic E-state index is 0.136. The first-order valence-electron chi connectivity index (χ1n) is 9.93. The van der Waals surface area contributed by atoms with Gasteiger partial charge in [0.25, 0.3) is 5.91 Å². The van der Waals surface area contributed by atoms with Gasteiger partial charge in [0.05, 0.1) is 6.61 Å². The van der Waals surface area contributed by atoms with E-state index in [-0.39, 0.29) is 18.8 Å². The number of esters is 1. The van der Waals surface area contributed by atoms with Crippen LogP contribution in [0, 0.1) is 5.41 Å². The van der Waals surface area contributed by atoms with Crippen molar-refractivity contribution in [1.29, 1.82) is 0 Å². The number of nitrogens with one attached hydrogen (secondary N) is 1. The highest BCUT2D eigenvalue weighted by atomic mass is 35.5. The summed E-state index contributed by atoms with van der Waals surface area (Å²) in [6.07, 6.45) is 3.54. The van der Waals surface area contributed by atoms with Gasteiger partial charge in [-0.2, -0.15) is 0 Å². The third-order valence-electron chi connectivity index (χ3n) is 3.99. The van der Waals surface area contributed by atoms with Crippen LogP contribution in [0.15, 0.2) is 24.3 Å². The van der Waals surface area contributed by atoms with Crippen molar-refractivity contribution in [2.75, 3.05) is 13.2 Å². The van der Waals surface area contributed by atoms with Crippen LogP contribution >= 0.6 is 11.6 Å². The maximum atomic E-state index is 12.8. The molecule has 1 amide bonds. The molecule has 1 N–H and O–H groups in total. The van der Waals surface area contributed by atoms with E-state index in [0.29, 0.717) is 17.5 Å². The SMILES string of the molecule is CCOC(=O)C(/C=C/C(C)(C)C)NC(=O)c1ccc(Cl)n1COCC[Si](C)(C)C. The predicted molar refractivity (Wildman–Crippen MR) is 120 cm³/mol. The second-order valence-corrected chi connectivity index (χ2v) is 15.3. The minimum Gasteiger partial charge on any atom is -0.464 e. The van der Waals surface area contributed by atoms with E-state index in [2.05, 4.69) is 25.0 Å². The number of hydrogen-bond donors (Lipinski definition) is 1. The number of allylic oxidation sites excluding steroid dienone is 1. The van der Waals surface area contributed by atoms with Crippen molar-refractivity contribution in [3.8, 4) is 0 Å². The van der Waals surface area contributed by atoms with E-state index in [4.69, 9.17) is 21.1 Å². The molecule has 1 rings (SSSR count). The summed E-state index contributed by atoms with van der Waals surface area (Å²) in [7, 11) is -1.20. The number of carbonyl (C=O) groups is 2. The van der Waals surface area contributed by atoms with Crippen molar-refractivity contribution >= 4 is 31.6 Å². The second kappa shape index (κ2) is 11.0. The minimum atomic E-state index is -1.20. The summed E-state index contributed by atoms with van der Waals surface area (Å²) in [5.74, 6) is -0.917. The fraction of sp³-hybridized carbons (Fsp3) is 0.619. The van der Waals surface area contributed by atoms with Crippen LogP contribution in [0.5, 0.6) is 0 Å². The van der Waals surface area contributed by atoms with E-state index < -0.39 is 26.0 Å². The molecule has 164 valence electrons. The Kier molecular flexibility index (Phi) is 9.65. The Morgan fingerprint density at radius 1 is 1.28 bits per heavy atom. The molecule has 1 aromatic heterocycles. The molecule has 0 aromatic carbocycles. The first-order chi connectivity index (χ1) is 13.3. The number of halogens is 1. The zero-order chi connectivity index (χ0) is 22.2. The molecule has 0 saturated carbocycles. The predicted octanol–water partition coefficient (Wildman–Crippen LogP) is 4.72. The molecule has 1 atom stereocenters. The van der Waals surface area contributed by atoms with Gasteiger partial charge in [-0.05, 0) is 30.5 Å². The monoisotopic (exact) mass is 442 g/mol. The average molecular weight is 443 g/mol. The van der Waals surface area contributed by atoms with Crippen molar-refractivity contribution in [3.63, 3.8) is 0 Å². The molecular weight excluding hydrogens is 408 g/mol. The van der Waals surface area contributed by atoms with Crippen molar-refractivity contribution in [3.05, 3.63) is 35.1 Å². The Morgan fingerprint density at radius 2 is 1.93 bits per heavy atom. The van der Waals surface area contributed by atoms with Gasteiger partial charge < -0.3 is 19.4 Å². The number of rotatable bonds is 10. The molecule has 1 heterocycles. The molecule has 1 aromatic rings. The largest absolute Gasteiger partial charge is 0.464 e. The van der Waals surface area contributed by atoms with Crippen molar-refractivity contribution in [2.45, 2.75) is 66.2 Å². The van der Waals surface area contributed by atoms with Gasteiger partial charge in [-0.1, -0.05) is 64.2 Å². The summed E-state index contributed by atoms with van der Waals surface area (Å²) in [5, 5.41) is 3.13. The van der Waals surface area contributed by atoms with Gasteiger partial charge in [0.15, 0.2) is 0 Å². The van der Waals surface area contributed by atoms with Crippen LogP contribution in [0.4, 0.5) is 0 Å². The lowest BCUT2D eigenvalue weighted by Crippen LogP contribution is -2.41. The quantitative estimate of drug-likeness (QED) is 0.246. The van der Waals surface area contributed by atoms with Crippen LogP contribution < -0.4 is 5.32 Å². The number of aromatic nitrogens is 1. The summed E-state index contributed by atoms with van der Waals surface area (Å²) in [6, 6.07) is 3.41. The van der Waals surface area contributed by atoms with Crippen molar-refractivity contribution in [2.24, 2.45) is 5.41 Å². The molecule has 8 heteroatoms. The lowest BCUT2D eigenvalue weighted by Gasteiger charge is -2.18. The van der Waals surface area contributed by atoms with E-state index in [9.17, 15) is 9.59 Å². The van der Waals surface area contributed by atoms with Crippen LogP contribution in [-0.2, 0) is 21.0 Å². The molecule has 0 saturated heterocycles. The molecule has 0 aliphatic heterocycles. The highest BCUT2D eigenvalue weighted by Gasteiger charge is 2.23. The number of hydrogen-bond acceptors (Lipinski definition) is 4. The summed E-state index contributed by atoms with van der Waals surface area (Å²) in [5.41, 5.74) is 0.199. The topological polar surface area (TPSA) is 69.6 Å². The Morgan fingerprint density at radius 3 is 2.48 bits per heavy atom. The molecule has 0 spiro atoms. The van der Waals surface area contributed by atoms with Gasteiger partial charge >= 0.3 is 5.97 Å². The van der Waals surface area contributed by atoms with Gasteiger partial charge in [0.2, 0.25) is 0 Å². The van der Waals surface area contributed by atoms with Crippen LogP contribution in [0.3, 0.4) is 0 Å². The number of amides is 1. The van der Waals surface area contributed by atoms with Gasteiger partial charge in [-0.15, -0.1) is 0 Å². The Balaban J connectivity index is 2.89. The fourth-order valence-corrected chi connectivity index (χ4v) is 3.28. The summed E-state index contributed by atoms with van der Waals surface area (Å²) < 4.78 is 12.4. The van der Waals surface area contributed by atoms with Gasteiger partial charge in [-0.3, -0.25) is 4.79 Å². The number of nitrogens with zero attached hydrogens (tertiary/aromatic N) is 1. The van der Waals surface area contributed by atoms with Crippen LogP contribution in [0.25, 0.3) is 0 Å². The molecule has 0 radical (unpaired) electrons. The standard InChI is InChI=1S/C21H35ClN2O4Si/c1-8-28-20(26)16(11-12-21(2,3)4)23-19(25)17-9-10-18(22)24(17)15-27-13-14-29(5,6)7/h9-12,16H,8,13-15H2,1-7H3,(H,23,25)/b12-11+. The summed E-state index contributed by atoms with van der Waals surface area (Å²) >= 11 is 6.23. The lowest BCUT2D eigenvalue weighted by molar-refractivity contribution is -0.144. The van der Waals surface area contributed by atoms with E-state index >= 15 is 0 Å². The Hall–Kier alpha value is -1.57. The van der Waals surface area contributed by atoms with E-state index in [1.165, 1.54) is 0 Å². The molecule has 0 bridgehead atoms. The Labute approximate surface area is 180 Å². The van der Waals surface area contributed by atoms with Gasteiger partial charge in [0, 0.05) is 14.7 Å². The Bertz CT molecular complexity index is 717. The molecule has 0 aliphatic rings. The maximum absolute atomic E-state index is 12.8. The van der Waals surface area contributed by atoms with Crippen molar-refractivity contribution in [1.82, 2.24) is 9.88 Å². The third kappa shape index (κ3) is 9.65. The van der Waals surface area contributed by atoms with Crippen LogP contribution in [-0.4, -0.2) is 43.8 Å². The third-order valence-corrected chi connectivity index (χ3v) is 6.03. The first-order valence-corrected chi connectivity index (χ1v) is 14.0. The van der Waals surface area contributed by atoms with E-state index in [1.54, 1.807) is 29.7 Å². The molecule has 0 aliphatic carbocycles. The van der Waals surface area contributed by atoms with Crippen LogP contribution in [0.1, 0.15) is 38.2 Å². The summed E-state index contributed by atoms with van der Waals surface area (Å²) in [4.78, 5) is 25.1. The highest BCUT2D eigenvalue weighted by molar-refractivity contribution is 6.76. The average Bonchev–Trinajstić information content (AvgIpc) is 2.94. The van der Waals surface area contributed by atoms with Crippen molar-refractivity contribution < 1.29 is 19.1 Å². The second-order valence-electron chi connectivity index (χ2n) is 9.25. The first kappa shape index (κ1) is 25.5. The summed E-state index contributed by atoms with van der Waals surface area (Å²) in [6.45, 7) is 15.6.